The average molecular weight is 428 g/mol. The molecule has 0 spiro atoms. The first kappa shape index (κ1) is 18.4. The Hall–Kier alpha value is -1.98. The predicted molar refractivity (Wildman–Crippen MR) is 113 cm³/mol. The van der Waals surface area contributed by atoms with Gasteiger partial charge in [0.1, 0.15) is 5.82 Å². The zero-order chi connectivity index (χ0) is 18.8. The number of anilines is 1. The normalized spacial score (nSPS) is 15.4. The summed E-state index contributed by atoms with van der Waals surface area (Å²) in [6.45, 7) is 6.87. The number of aryl methyl sites for hydroxylation is 1. The lowest BCUT2D eigenvalue weighted by Crippen LogP contribution is -2.47. The first-order chi connectivity index (χ1) is 13.1. The van der Waals surface area contributed by atoms with E-state index in [0.717, 1.165) is 60.4 Å². The molecular weight excluding hydrogens is 405 g/mol. The molecule has 0 radical (unpaired) electrons. The van der Waals surface area contributed by atoms with Crippen molar-refractivity contribution in [3.05, 3.63) is 70.1 Å². The number of pyridine rings is 1. The number of rotatable bonds is 4. The lowest BCUT2D eigenvalue weighted by Gasteiger charge is -2.36. The summed E-state index contributed by atoms with van der Waals surface area (Å²) in [7, 11) is 0. The maximum Gasteiger partial charge on any atom is 0.127 e. The number of fused-ring (bicyclic) bond motifs is 1. The van der Waals surface area contributed by atoms with Crippen LogP contribution in [0.5, 0.6) is 0 Å². The van der Waals surface area contributed by atoms with Gasteiger partial charge in [0.15, 0.2) is 0 Å². The first-order valence-corrected chi connectivity index (χ1v) is 10.2. The summed E-state index contributed by atoms with van der Waals surface area (Å²) in [4.78, 5) is 9.42. The van der Waals surface area contributed by atoms with Crippen LogP contribution >= 0.6 is 15.9 Å². The molecule has 1 aromatic heterocycles. The zero-order valence-corrected chi connectivity index (χ0v) is 17.0. The summed E-state index contributed by atoms with van der Waals surface area (Å²) >= 11 is 3.46. The van der Waals surface area contributed by atoms with Crippen molar-refractivity contribution >= 4 is 32.5 Å². The van der Waals surface area contributed by atoms with Crippen LogP contribution in [0.4, 0.5) is 10.1 Å². The summed E-state index contributed by atoms with van der Waals surface area (Å²) in [5.74, 6) is -0.122. The van der Waals surface area contributed by atoms with E-state index in [2.05, 4.69) is 61.0 Å². The Labute approximate surface area is 167 Å². The van der Waals surface area contributed by atoms with Crippen LogP contribution in [0, 0.1) is 12.7 Å². The van der Waals surface area contributed by atoms with E-state index in [-0.39, 0.29) is 5.82 Å². The number of hydrogen-bond acceptors (Lipinski definition) is 3. The number of piperazine rings is 1. The quantitative estimate of drug-likeness (QED) is 0.595. The van der Waals surface area contributed by atoms with Crippen molar-refractivity contribution in [2.45, 2.75) is 13.3 Å². The molecule has 1 aliphatic heterocycles. The largest absolute Gasteiger partial charge is 0.369 e. The second kappa shape index (κ2) is 7.95. The molecule has 1 aliphatic rings. The topological polar surface area (TPSA) is 19.4 Å². The fourth-order valence-corrected chi connectivity index (χ4v) is 4.22. The summed E-state index contributed by atoms with van der Waals surface area (Å²) in [5, 5.41) is 1.19. The molecule has 2 heterocycles. The molecule has 1 saturated heterocycles. The SMILES string of the molecule is Cc1ccc2cc(N3CCN(CCc4c(F)cccc4Br)CC3)ccc2n1. The fourth-order valence-electron chi connectivity index (χ4n) is 3.68. The van der Waals surface area contributed by atoms with Crippen LogP contribution in [0.2, 0.25) is 0 Å². The Morgan fingerprint density at radius 1 is 1.04 bits per heavy atom. The van der Waals surface area contributed by atoms with E-state index in [4.69, 9.17) is 0 Å². The minimum absolute atomic E-state index is 0.122. The molecule has 5 heteroatoms. The molecule has 0 unspecified atom stereocenters. The number of benzene rings is 2. The van der Waals surface area contributed by atoms with Gasteiger partial charge in [-0.2, -0.15) is 0 Å². The van der Waals surface area contributed by atoms with Crippen molar-refractivity contribution in [3.63, 3.8) is 0 Å². The lowest BCUT2D eigenvalue weighted by molar-refractivity contribution is 0.260. The van der Waals surface area contributed by atoms with Gasteiger partial charge >= 0.3 is 0 Å². The van der Waals surface area contributed by atoms with Gasteiger partial charge in [-0.3, -0.25) is 9.88 Å². The Balaban J connectivity index is 1.37. The smallest absolute Gasteiger partial charge is 0.127 e. The van der Waals surface area contributed by atoms with Crippen LogP contribution in [-0.2, 0) is 6.42 Å². The maximum atomic E-state index is 14.0. The average Bonchev–Trinajstić information content (AvgIpc) is 2.68. The fraction of sp³-hybridized carbons (Fsp3) is 0.318. The molecule has 0 N–H and O–H groups in total. The number of halogens is 2. The first-order valence-electron chi connectivity index (χ1n) is 9.38. The van der Waals surface area contributed by atoms with Gasteiger partial charge in [0.05, 0.1) is 5.52 Å². The van der Waals surface area contributed by atoms with Crippen LogP contribution in [0.1, 0.15) is 11.3 Å². The van der Waals surface area contributed by atoms with Crippen molar-refractivity contribution < 1.29 is 4.39 Å². The van der Waals surface area contributed by atoms with Crippen LogP contribution in [0.15, 0.2) is 53.0 Å². The van der Waals surface area contributed by atoms with E-state index in [1.54, 1.807) is 6.07 Å². The highest BCUT2D eigenvalue weighted by Gasteiger charge is 2.18. The second-order valence-corrected chi connectivity index (χ2v) is 7.96. The molecule has 0 bridgehead atoms. The van der Waals surface area contributed by atoms with Crippen molar-refractivity contribution in [2.24, 2.45) is 0 Å². The van der Waals surface area contributed by atoms with Gasteiger partial charge in [-0.15, -0.1) is 0 Å². The minimum Gasteiger partial charge on any atom is -0.369 e. The Morgan fingerprint density at radius 3 is 2.63 bits per heavy atom. The zero-order valence-electron chi connectivity index (χ0n) is 15.5. The summed E-state index contributed by atoms with van der Waals surface area (Å²) < 4.78 is 14.8. The molecule has 0 saturated carbocycles. The third-order valence-electron chi connectivity index (χ3n) is 5.29. The van der Waals surface area contributed by atoms with E-state index in [0.29, 0.717) is 0 Å². The molecule has 140 valence electrons. The van der Waals surface area contributed by atoms with Crippen LogP contribution < -0.4 is 4.90 Å². The molecule has 2 aromatic carbocycles. The Kier molecular flexibility index (Phi) is 5.41. The number of nitrogens with zero attached hydrogens (tertiary/aromatic N) is 3. The molecule has 27 heavy (non-hydrogen) atoms. The molecule has 1 fully saturated rings. The van der Waals surface area contributed by atoms with Gasteiger partial charge in [-0.25, -0.2) is 4.39 Å². The molecule has 0 amide bonds. The van der Waals surface area contributed by atoms with E-state index in [1.165, 1.54) is 17.1 Å². The van der Waals surface area contributed by atoms with E-state index < -0.39 is 0 Å². The highest BCUT2D eigenvalue weighted by molar-refractivity contribution is 9.10. The van der Waals surface area contributed by atoms with E-state index >= 15 is 0 Å². The summed E-state index contributed by atoms with van der Waals surface area (Å²) in [6.07, 6.45) is 0.730. The molecular formula is C22H23BrFN3. The summed E-state index contributed by atoms with van der Waals surface area (Å²) in [6, 6.07) is 15.9. The lowest BCUT2D eigenvalue weighted by atomic mass is 10.1. The molecule has 4 rings (SSSR count). The van der Waals surface area contributed by atoms with Crippen LogP contribution in [0.25, 0.3) is 10.9 Å². The minimum atomic E-state index is -0.122. The maximum absolute atomic E-state index is 14.0. The van der Waals surface area contributed by atoms with E-state index in [1.807, 2.05) is 13.0 Å². The standard InChI is InChI=1S/C22H23BrFN3/c1-16-5-6-17-15-18(7-8-22(17)25-16)27-13-11-26(12-14-27)10-9-19-20(23)3-2-4-21(19)24/h2-8,15H,9-14H2,1H3. The predicted octanol–water partition coefficient (Wildman–Crippen LogP) is 4.81. The van der Waals surface area contributed by atoms with Gasteiger partial charge in [0.25, 0.3) is 0 Å². The van der Waals surface area contributed by atoms with Crippen molar-refractivity contribution in [1.82, 2.24) is 9.88 Å². The van der Waals surface area contributed by atoms with Gasteiger partial charge in [-0.05, 0) is 49.7 Å². The van der Waals surface area contributed by atoms with Gasteiger partial charge in [0.2, 0.25) is 0 Å². The molecule has 0 aliphatic carbocycles. The second-order valence-electron chi connectivity index (χ2n) is 7.11. The van der Waals surface area contributed by atoms with Gasteiger partial charge in [-0.1, -0.05) is 28.1 Å². The van der Waals surface area contributed by atoms with Gasteiger partial charge < -0.3 is 4.90 Å². The highest BCUT2D eigenvalue weighted by Crippen LogP contribution is 2.24. The molecule has 3 aromatic rings. The highest BCUT2D eigenvalue weighted by atomic mass is 79.9. The van der Waals surface area contributed by atoms with Crippen molar-refractivity contribution in [3.8, 4) is 0 Å². The number of aromatic nitrogens is 1. The van der Waals surface area contributed by atoms with E-state index in [9.17, 15) is 4.39 Å². The third-order valence-corrected chi connectivity index (χ3v) is 6.03. The van der Waals surface area contributed by atoms with Crippen molar-refractivity contribution in [2.75, 3.05) is 37.6 Å². The monoisotopic (exact) mass is 427 g/mol. The summed E-state index contributed by atoms with van der Waals surface area (Å²) in [5.41, 5.74) is 4.13. The van der Waals surface area contributed by atoms with Gasteiger partial charge in [0, 0.05) is 59.5 Å². The Bertz CT molecular complexity index is 931. The molecule has 3 nitrogen and oxygen atoms in total. The van der Waals surface area contributed by atoms with Crippen molar-refractivity contribution in [1.29, 1.82) is 0 Å². The third kappa shape index (κ3) is 4.14. The van der Waals surface area contributed by atoms with Crippen LogP contribution in [0.3, 0.4) is 0 Å². The Morgan fingerprint density at radius 2 is 1.85 bits per heavy atom. The molecule has 0 atom stereocenters. The number of hydrogen-bond donors (Lipinski definition) is 0. The van der Waals surface area contributed by atoms with Crippen LogP contribution in [-0.4, -0.2) is 42.6 Å².